The molecule has 2 heteroatoms. The zero-order valence-electron chi connectivity index (χ0n) is 34.2. The van der Waals surface area contributed by atoms with Gasteiger partial charge in [0.1, 0.15) is 0 Å². The molecular weight excluding hydrogens is 701 g/mol. The maximum Gasteiger partial charge on any atom is 0.0465 e. The fourth-order valence-electron chi connectivity index (χ4n) is 9.55. The fraction of sp³-hybridized carbons (Fsp3) is 0.143. The molecule has 10 rings (SSSR count). The Morgan fingerprint density at radius 2 is 0.586 bits per heavy atom. The second-order valence-corrected chi connectivity index (χ2v) is 17.2. The normalized spacial score (nSPS) is 14.0. The Kier molecular flexibility index (Phi) is 8.32. The summed E-state index contributed by atoms with van der Waals surface area (Å²) in [5, 5.41) is 0. The maximum atomic E-state index is 2.41. The molecule has 0 N–H and O–H groups in total. The molecular formula is C56H48N2. The summed E-state index contributed by atoms with van der Waals surface area (Å²) >= 11 is 0. The Bertz CT molecular complexity index is 2630. The highest BCUT2D eigenvalue weighted by Gasteiger charge is 2.37. The number of fused-ring (bicyclic) bond motifs is 6. The smallest absolute Gasteiger partial charge is 0.0465 e. The van der Waals surface area contributed by atoms with E-state index in [1.54, 1.807) is 0 Å². The summed E-state index contributed by atoms with van der Waals surface area (Å²) in [7, 11) is 0. The Labute approximate surface area is 343 Å². The third kappa shape index (κ3) is 5.78. The van der Waals surface area contributed by atoms with E-state index in [4.69, 9.17) is 0 Å². The lowest BCUT2D eigenvalue weighted by atomic mass is 9.82. The van der Waals surface area contributed by atoms with Crippen LogP contribution in [0.2, 0.25) is 0 Å². The zero-order chi connectivity index (χ0) is 39.8. The van der Waals surface area contributed by atoms with Crippen LogP contribution in [0, 0.1) is 13.8 Å². The molecule has 0 bridgehead atoms. The summed E-state index contributed by atoms with van der Waals surface area (Å²) in [5.41, 5.74) is 22.5. The van der Waals surface area contributed by atoms with E-state index in [0.29, 0.717) is 0 Å². The lowest BCUT2D eigenvalue weighted by Crippen LogP contribution is -2.16. The molecule has 0 spiro atoms. The summed E-state index contributed by atoms with van der Waals surface area (Å²) in [6.07, 6.45) is 0. The molecule has 58 heavy (non-hydrogen) atoms. The van der Waals surface area contributed by atoms with Gasteiger partial charge in [0.15, 0.2) is 0 Å². The van der Waals surface area contributed by atoms with Crippen molar-refractivity contribution < 1.29 is 0 Å². The van der Waals surface area contributed by atoms with E-state index in [1.165, 1.54) is 66.8 Å². The van der Waals surface area contributed by atoms with E-state index in [1.807, 2.05) is 0 Å². The van der Waals surface area contributed by atoms with Gasteiger partial charge in [0.25, 0.3) is 0 Å². The molecule has 2 nitrogen and oxygen atoms in total. The summed E-state index contributed by atoms with van der Waals surface area (Å²) in [5.74, 6) is 0. The quantitative estimate of drug-likeness (QED) is 0.160. The first kappa shape index (κ1) is 35.8. The monoisotopic (exact) mass is 748 g/mol. The minimum Gasteiger partial charge on any atom is -0.310 e. The van der Waals surface area contributed by atoms with Crippen molar-refractivity contribution in [1.82, 2.24) is 0 Å². The number of hydrogen-bond acceptors (Lipinski definition) is 2. The topological polar surface area (TPSA) is 6.48 Å². The molecule has 0 amide bonds. The minimum absolute atomic E-state index is 0.0745. The van der Waals surface area contributed by atoms with E-state index in [0.717, 1.165) is 34.1 Å². The van der Waals surface area contributed by atoms with Crippen LogP contribution in [0.3, 0.4) is 0 Å². The third-order valence-corrected chi connectivity index (χ3v) is 12.8. The van der Waals surface area contributed by atoms with E-state index in [-0.39, 0.29) is 10.8 Å². The number of aryl methyl sites for hydroxylation is 2. The Balaban J connectivity index is 0.992. The van der Waals surface area contributed by atoms with Gasteiger partial charge in [-0.3, -0.25) is 0 Å². The highest BCUT2D eigenvalue weighted by atomic mass is 15.1. The second kappa shape index (κ2) is 13.5. The van der Waals surface area contributed by atoms with Crippen LogP contribution in [0.25, 0.3) is 33.4 Å². The summed E-state index contributed by atoms with van der Waals surface area (Å²) < 4.78 is 0. The molecule has 2 aliphatic carbocycles. The molecule has 0 saturated carbocycles. The van der Waals surface area contributed by atoms with Gasteiger partial charge in [-0.25, -0.2) is 0 Å². The van der Waals surface area contributed by atoms with E-state index < -0.39 is 0 Å². The van der Waals surface area contributed by atoms with E-state index in [9.17, 15) is 0 Å². The van der Waals surface area contributed by atoms with Gasteiger partial charge in [0.2, 0.25) is 0 Å². The number of nitrogens with zero attached hydrogens (tertiary/aromatic N) is 2. The first-order valence-corrected chi connectivity index (χ1v) is 20.5. The fourth-order valence-corrected chi connectivity index (χ4v) is 9.55. The van der Waals surface area contributed by atoms with Gasteiger partial charge >= 0.3 is 0 Å². The van der Waals surface area contributed by atoms with E-state index >= 15 is 0 Å². The molecule has 0 unspecified atom stereocenters. The average Bonchev–Trinajstić information content (AvgIpc) is 3.62. The predicted octanol–water partition coefficient (Wildman–Crippen LogP) is 15.5. The molecule has 0 radical (unpaired) electrons. The number of rotatable bonds is 7. The van der Waals surface area contributed by atoms with Crippen molar-refractivity contribution in [2.75, 3.05) is 9.80 Å². The van der Waals surface area contributed by atoms with Gasteiger partial charge in [-0.1, -0.05) is 148 Å². The van der Waals surface area contributed by atoms with Crippen molar-refractivity contribution in [3.63, 3.8) is 0 Å². The molecule has 0 fully saturated rings. The van der Waals surface area contributed by atoms with Crippen LogP contribution in [0.4, 0.5) is 34.1 Å². The molecule has 0 saturated heterocycles. The molecule has 0 aromatic heterocycles. The molecule has 0 aliphatic heterocycles. The lowest BCUT2D eigenvalue weighted by molar-refractivity contribution is 0.660. The largest absolute Gasteiger partial charge is 0.310 e. The minimum atomic E-state index is -0.0745. The molecule has 8 aromatic carbocycles. The molecule has 0 heterocycles. The van der Waals surface area contributed by atoms with Crippen LogP contribution in [-0.4, -0.2) is 0 Å². The first-order chi connectivity index (χ1) is 28.1. The van der Waals surface area contributed by atoms with Gasteiger partial charge in [0.05, 0.1) is 0 Å². The Morgan fingerprint density at radius 3 is 0.948 bits per heavy atom. The van der Waals surface area contributed by atoms with Crippen molar-refractivity contribution in [2.24, 2.45) is 0 Å². The van der Waals surface area contributed by atoms with E-state index in [2.05, 4.69) is 233 Å². The maximum absolute atomic E-state index is 2.41. The highest BCUT2D eigenvalue weighted by Crippen LogP contribution is 2.52. The number of benzene rings is 8. The third-order valence-electron chi connectivity index (χ3n) is 12.8. The summed E-state index contributed by atoms with van der Waals surface area (Å²) in [6.45, 7) is 13.7. The predicted molar refractivity (Wildman–Crippen MR) is 246 cm³/mol. The van der Waals surface area contributed by atoms with Gasteiger partial charge in [0, 0.05) is 45.0 Å². The van der Waals surface area contributed by atoms with Gasteiger partial charge in [-0.15, -0.1) is 0 Å². The van der Waals surface area contributed by atoms with Crippen LogP contribution < -0.4 is 9.80 Å². The van der Waals surface area contributed by atoms with Crippen LogP contribution in [0.15, 0.2) is 182 Å². The van der Waals surface area contributed by atoms with Crippen LogP contribution in [-0.2, 0) is 10.8 Å². The lowest BCUT2D eigenvalue weighted by Gasteiger charge is -2.28. The van der Waals surface area contributed by atoms with Crippen molar-refractivity contribution >= 4 is 34.1 Å². The summed E-state index contributed by atoms with van der Waals surface area (Å²) in [4.78, 5) is 4.78. The molecule has 8 aromatic rings. The molecule has 282 valence electrons. The Hall–Kier alpha value is -6.64. The average molecular weight is 749 g/mol. The molecule has 2 aliphatic rings. The highest BCUT2D eigenvalue weighted by molar-refractivity contribution is 5.88. The standard InChI is InChI=1S/C56H48N2/c1-37-15-23-41(24-16-37)57(45-31-33-49-47-11-7-9-13-51(47)55(3,4)53(49)35-45)43-27-19-39(20-28-43)40-21-29-44(30-22-40)58(42-25-17-38(2)18-26-42)46-32-34-50-48-12-8-10-14-52(48)56(5,6)54(50)36-46/h7-36H,1-6H3. The summed E-state index contributed by atoms with van der Waals surface area (Å²) in [6, 6.07) is 67.6. The van der Waals surface area contributed by atoms with Gasteiger partial charge < -0.3 is 9.80 Å². The number of hydrogen-bond donors (Lipinski definition) is 0. The van der Waals surface area contributed by atoms with Crippen LogP contribution >= 0.6 is 0 Å². The van der Waals surface area contributed by atoms with Gasteiger partial charge in [-0.05, 0) is 142 Å². The van der Waals surface area contributed by atoms with Crippen molar-refractivity contribution in [3.05, 3.63) is 215 Å². The van der Waals surface area contributed by atoms with Crippen molar-refractivity contribution in [2.45, 2.75) is 52.4 Å². The number of anilines is 6. The van der Waals surface area contributed by atoms with Crippen LogP contribution in [0.5, 0.6) is 0 Å². The SMILES string of the molecule is Cc1ccc(N(c2ccc(-c3ccc(N(c4ccc(C)cc4)c4ccc5c(c4)C(C)(C)c4ccccc4-5)cc3)cc2)c2ccc3c(c2)C(C)(C)c2ccccc2-3)cc1. The van der Waals surface area contributed by atoms with Gasteiger partial charge in [-0.2, -0.15) is 0 Å². The zero-order valence-corrected chi connectivity index (χ0v) is 34.2. The first-order valence-electron chi connectivity index (χ1n) is 20.5. The van der Waals surface area contributed by atoms with Crippen molar-refractivity contribution in [3.8, 4) is 33.4 Å². The molecule has 0 atom stereocenters. The Morgan fingerprint density at radius 1 is 0.293 bits per heavy atom. The second-order valence-electron chi connectivity index (χ2n) is 17.2. The van der Waals surface area contributed by atoms with Crippen LogP contribution in [0.1, 0.15) is 61.1 Å². The van der Waals surface area contributed by atoms with Crippen molar-refractivity contribution in [1.29, 1.82) is 0 Å².